The van der Waals surface area contributed by atoms with Gasteiger partial charge in [-0.2, -0.15) is 0 Å². The predicted molar refractivity (Wildman–Crippen MR) is 89.4 cm³/mol. The fourth-order valence-electron chi connectivity index (χ4n) is 3.59. The molecule has 1 aliphatic carbocycles. The van der Waals surface area contributed by atoms with Gasteiger partial charge in [0.15, 0.2) is 5.76 Å². The second-order valence-corrected chi connectivity index (χ2v) is 7.34. The van der Waals surface area contributed by atoms with E-state index in [1.54, 1.807) is 0 Å². The van der Waals surface area contributed by atoms with E-state index in [4.69, 9.17) is 4.52 Å². The van der Waals surface area contributed by atoms with E-state index < -0.39 is 0 Å². The Morgan fingerprint density at radius 3 is 2.83 bits per heavy atom. The maximum Gasteiger partial charge on any atom is 0.150 e. The minimum Gasteiger partial charge on any atom is -0.360 e. The molecule has 0 aromatic carbocycles. The van der Waals surface area contributed by atoms with Crippen LogP contribution in [0.2, 0.25) is 0 Å². The molecule has 0 unspecified atom stereocenters. The Bertz CT molecular complexity index is 704. The highest BCUT2D eigenvalue weighted by atomic mass is 16.5. The number of aromatic nitrogens is 4. The van der Waals surface area contributed by atoms with Crippen molar-refractivity contribution in [2.75, 3.05) is 20.1 Å². The van der Waals surface area contributed by atoms with Crippen LogP contribution in [0.4, 0.5) is 0 Å². The molecule has 1 saturated carbocycles. The van der Waals surface area contributed by atoms with Crippen molar-refractivity contribution >= 4 is 0 Å². The highest BCUT2D eigenvalue weighted by Gasteiger charge is 2.31. The first kappa shape index (κ1) is 15.8. The van der Waals surface area contributed by atoms with E-state index in [0.717, 1.165) is 49.3 Å². The molecule has 2 fully saturated rings. The lowest BCUT2D eigenvalue weighted by atomic mass is 10.2. The first-order chi connectivity index (χ1) is 11.6. The van der Waals surface area contributed by atoms with Crippen molar-refractivity contribution < 1.29 is 4.52 Å². The second-order valence-electron chi connectivity index (χ2n) is 7.34. The van der Waals surface area contributed by atoms with Gasteiger partial charge in [0.25, 0.3) is 0 Å². The highest BCUT2D eigenvalue weighted by molar-refractivity contribution is 5.08. The Morgan fingerprint density at radius 2 is 2.12 bits per heavy atom. The first-order valence-electron chi connectivity index (χ1n) is 8.83. The fraction of sp³-hybridized carbons (Fsp3) is 0.706. The van der Waals surface area contributed by atoms with E-state index in [1.165, 1.54) is 19.3 Å². The van der Waals surface area contributed by atoms with Gasteiger partial charge in [0, 0.05) is 38.2 Å². The van der Waals surface area contributed by atoms with Crippen molar-refractivity contribution in [3.63, 3.8) is 0 Å². The average molecular weight is 330 g/mol. The molecule has 1 atom stereocenters. The SMILES string of the molecule is Cc1cc(CN2CC[C@@H](N(C)Cc3nnc(C4CC4)n3C)C2)on1. The summed E-state index contributed by atoms with van der Waals surface area (Å²) in [6.45, 7) is 5.83. The molecular weight excluding hydrogens is 304 g/mol. The lowest BCUT2D eigenvalue weighted by Crippen LogP contribution is -2.34. The molecule has 7 heteroatoms. The standard InChI is InChI=1S/C17H26N6O/c1-12-8-15(24-20-12)10-23-7-6-14(9-23)21(2)11-16-18-19-17(22(16)3)13-4-5-13/h8,13-14H,4-7,9-11H2,1-3H3/t14-/m1/s1. The number of hydrogen-bond donors (Lipinski definition) is 0. The van der Waals surface area contributed by atoms with Crippen molar-refractivity contribution in [2.24, 2.45) is 7.05 Å². The molecule has 0 amide bonds. The first-order valence-corrected chi connectivity index (χ1v) is 8.83. The van der Waals surface area contributed by atoms with Crippen LogP contribution in [0.25, 0.3) is 0 Å². The Labute approximate surface area is 142 Å². The van der Waals surface area contributed by atoms with Gasteiger partial charge in [-0.3, -0.25) is 9.80 Å². The largest absolute Gasteiger partial charge is 0.360 e. The minimum atomic E-state index is 0.551. The zero-order valence-corrected chi connectivity index (χ0v) is 14.8. The van der Waals surface area contributed by atoms with Gasteiger partial charge in [-0.1, -0.05) is 5.16 Å². The van der Waals surface area contributed by atoms with Gasteiger partial charge in [-0.05, 0) is 33.2 Å². The summed E-state index contributed by atoms with van der Waals surface area (Å²) >= 11 is 0. The lowest BCUT2D eigenvalue weighted by molar-refractivity contribution is 0.208. The molecule has 2 aliphatic rings. The van der Waals surface area contributed by atoms with Gasteiger partial charge in [0.05, 0.1) is 18.8 Å². The zero-order chi connectivity index (χ0) is 16.7. The summed E-state index contributed by atoms with van der Waals surface area (Å²) in [6, 6.07) is 2.57. The van der Waals surface area contributed by atoms with Crippen LogP contribution in [0.5, 0.6) is 0 Å². The molecule has 2 aromatic rings. The van der Waals surface area contributed by atoms with Gasteiger partial charge >= 0.3 is 0 Å². The molecule has 7 nitrogen and oxygen atoms in total. The fourth-order valence-corrected chi connectivity index (χ4v) is 3.59. The van der Waals surface area contributed by atoms with E-state index in [9.17, 15) is 0 Å². The molecule has 130 valence electrons. The second kappa shape index (κ2) is 6.29. The van der Waals surface area contributed by atoms with Crippen LogP contribution in [-0.2, 0) is 20.1 Å². The molecule has 1 saturated heterocycles. The van der Waals surface area contributed by atoms with Crippen molar-refractivity contribution in [3.8, 4) is 0 Å². The summed E-state index contributed by atoms with van der Waals surface area (Å²) in [5.41, 5.74) is 0.951. The number of aryl methyl sites for hydroxylation is 1. The minimum absolute atomic E-state index is 0.551. The zero-order valence-electron chi connectivity index (χ0n) is 14.8. The predicted octanol–water partition coefficient (Wildman–Crippen LogP) is 1.70. The van der Waals surface area contributed by atoms with Crippen LogP contribution in [0.15, 0.2) is 10.6 Å². The quantitative estimate of drug-likeness (QED) is 0.803. The van der Waals surface area contributed by atoms with Gasteiger partial charge in [0.1, 0.15) is 11.6 Å². The van der Waals surface area contributed by atoms with Crippen molar-refractivity contribution in [3.05, 3.63) is 29.2 Å². The molecule has 0 radical (unpaired) electrons. The van der Waals surface area contributed by atoms with Gasteiger partial charge in [-0.25, -0.2) is 0 Å². The number of hydrogen-bond acceptors (Lipinski definition) is 6. The number of rotatable bonds is 6. The average Bonchev–Trinajstić information content (AvgIpc) is 2.96. The smallest absolute Gasteiger partial charge is 0.150 e. The van der Waals surface area contributed by atoms with E-state index in [-0.39, 0.29) is 0 Å². The van der Waals surface area contributed by atoms with E-state index in [1.807, 2.05) is 13.0 Å². The van der Waals surface area contributed by atoms with Crippen LogP contribution in [0, 0.1) is 6.92 Å². The van der Waals surface area contributed by atoms with Crippen LogP contribution < -0.4 is 0 Å². The van der Waals surface area contributed by atoms with Gasteiger partial charge in [-0.15, -0.1) is 10.2 Å². The van der Waals surface area contributed by atoms with E-state index in [2.05, 4.69) is 43.8 Å². The molecule has 3 heterocycles. The molecular formula is C17H26N6O. The van der Waals surface area contributed by atoms with Crippen LogP contribution in [0.3, 0.4) is 0 Å². The summed E-state index contributed by atoms with van der Waals surface area (Å²) in [4.78, 5) is 4.85. The summed E-state index contributed by atoms with van der Waals surface area (Å²) in [5, 5.41) is 12.8. The topological polar surface area (TPSA) is 63.2 Å². The molecule has 0 spiro atoms. The van der Waals surface area contributed by atoms with Crippen molar-refractivity contribution in [2.45, 2.75) is 51.2 Å². The van der Waals surface area contributed by atoms with Crippen LogP contribution in [-0.4, -0.2) is 55.9 Å². The summed E-state index contributed by atoms with van der Waals surface area (Å²) in [5.74, 6) is 3.84. The number of likely N-dealkylation sites (N-methyl/N-ethyl adjacent to an activating group) is 1. The molecule has 4 rings (SSSR count). The Hall–Kier alpha value is -1.73. The maximum atomic E-state index is 5.34. The lowest BCUT2D eigenvalue weighted by Gasteiger charge is -2.24. The third-order valence-corrected chi connectivity index (χ3v) is 5.26. The number of likely N-dealkylation sites (tertiary alicyclic amines) is 1. The van der Waals surface area contributed by atoms with Crippen molar-refractivity contribution in [1.82, 2.24) is 29.7 Å². The third kappa shape index (κ3) is 3.23. The maximum absolute atomic E-state index is 5.34. The van der Waals surface area contributed by atoms with Crippen LogP contribution >= 0.6 is 0 Å². The van der Waals surface area contributed by atoms with Crippen LogP contribution in [0.1, 0.15) is 48.3 Å². The molecule has 1 aliphatic heterocycles. The third-order valence-electron chi connectivity index (χ3n) is 5.26. The van der Waals surface area contributed by atoms with E-state index >= 15 is 0 Å². The Kier molecular flexibility index (Phi) is 4.14. The normalized spacial score (nSPS) is 21.9. The highest BCUT2D eigenvalue weighted by Crippen LogP contribution is 2.38. The molecule has 0 bridgehead atoms. The van der Waals surface area contributed by atoms with Crippen molar-refractivity contribution in [1.29, 1.82) is 0 Å². The molecule has 0 N–H and O–H groups in total. The molecule has 24 heavy (non-hydrogen) atoms. The van der Waals surface area contributed by atoms with E-state index in [0.29, 0.717) is 12.0 Å². The monoisotopic (exact) mass is 330 g/mol. The number of nitrogens with zero attached hydrogens (tertiary/aromatic N) is 6. The molecule has 2 aromatic heterocycles. The Balaban J connectivity index is 1.33. The van der Waals surface area contributed by atoms with Gasteiger partial charge in [0.2, 0.25) is 0 Å². The summed E-state index contributed by atoms with van der Waals surface area (Å²) < 4.78 is 7.53. The summed E-state index contributed by atoms with van der Waals surface area (Å²) in [7, 11) is 4.29. The van der Waals surface area contributed by atoms with Gasteiger partial charge < -0.3 is 9.09 Å². The summed E-state index contributed by atoms with van der Waals surface area (Å²) in [6.07, 6.45) is 3.71. The Morgan fingerprint density at radius 1 is 1.29 bits per heavy atom.